The van der Waals surface area contributed by atoms with Gasteiger partial charge in [0.1, 0.15) is 0 Å². The van der Waals surface area contributed by atoms with Crippen LogP contribution in [0.1, 0.15) is 31.2 Å². The van der Waals surface area contributed by atoms with Crippen molar-refractivity contribution >= 4 is 6.03 Å². The van der Waals surface area contributed by atoms with Crippen molar-refractivity contribution in [3.05, 3.63) is 35.9 Å². The molecule has 2 atom stereocenters. The summed E-state index contributed by atoms with van der Waals surface area (Å²) in [7, 11) is 0. The number of rotatable bonds is 4. The lowest BCUT2D eigenvalue weighted by Gasteiger charge is -2.33. The van der Waals surface area contributed by atoms with Gasteiger partial charge in [0, 0.05) is 38.8 Å². The van der Waals surface area contributed by atoms with Crippen LogP contribution in [0.5, 0.6) is 0 Å². The third kappa shape index (κ3) is 4.62. The number of urea groups is 1. The van der Waals surface area contributed by atoms with Gasteiger partial charge < -0.3 is 15.3 Å². The Morgan fingerprint density at radius 3 is 2.44 bits per heavy atom. The van der Waals surface area contributed by atoms with E-state index in [0.717, 1.165) is 45.6 Å². The molecule has 4 rings (SSSR count). The molecule has 2 N–H and O–H groups in total. The number of β-amino-alcohol motifs (C(OH)–C–C–N with tert-alkyl or cyclic N) is 1. The Labute approximate surface area is 162 Å². The van der Waals surface area contributed by atoms with Gasteiger partial charge in [0.25, 0.3) is 0 Å². The molecular formula is C21H32N4O2. The minimum absolute atomic E-state index is 0.00254. The molecule has 27 heavy (non-hydrogen) atoms. The Kier molecular flexibility index (Phi) is 5.95. The fraction of sp³-hybridized carbons (Fsp3) is 0.667. The average molecular weight is 373 g/mol. The molecule has 3 heterocycles. The Morgan fingerprint density at radius 2 is 1.74 bits per heavy atom. The van der Waals surface area contributed by atoms with Gasteiger partial charge in [-0.05, 0) is 44.3 Å². The van der Waals surface area contributed by atoms with Gasteiger partial charge in [-0.2, -0.15) is 0 Å². The number of aliphatic hydroxyl groups is 1. The van der Waals surface area contributed by atoms with E-state index in [1.54, 1.807) is 0 Å². The number of benzene rings is 1. The average Bonchev–Trinajstić information content (AvgIpc) is 3.34. The standard InChI is InChI=1S/C21H32N4O2/c26-20-16-25(15-19(20)24-10-4-5-11-24)21(27)22-18-8-12-23(13-9-18)14-17-6-2-1-3-7-17/h1-3,6-7,18-20,26H,4-5,8-16H2,(H,22,27). The molecule has 3 saturated heterocycles. The molecule has 1 aromatic carbocycles. The minimum atomic E-state index is -0.415. The highest BCUT2D eigenvalue weighted by Gasteiger charge is 2.38. The van der Waals surface area contributed by atoms with Crippen LogP contribution < -0.4 is 5.32 Å². The summed E-state index contributed by atoms with van der Waals surface area (Å²) in [4.78, 5) is 19.3. The van der Waals surface area contributed by atoms with Gasteiger partial charge in [-0.3, -0.25) is 9.80 Å². The molecule has 1 aromatic rings. The quantitative estimate of drug-likeness (QED) is 0.841. The van der Waals surface area contributed by atoms with E-state index >= 15 is 0 Å². The number of nitrogens with zero attached hydrogens (tertiary/aromatic N) is 3. The first-order valence-electron chi connectivity index (χ1n) is 10.4. The lowest BCUT2D eigenvalue weighted by molar-refractivity contribution is 0.0979. The topological polar surface area (TPSA) is 59.1 Å². The van der Waals surface area contributed by atoms with Crippen LogP contribution in [0.15, 0.2) is 30.3 Å². The number of amides is 2. The van der Waals surface area contributed by atoms with Crippen molar-refractivity contribution in [2.75, 3.05) is 39.3 Å². The fourth-order valence-corrected chi connectivity index (χ4v) is 4.71. The summed E-state index contributed by atoms with van der Waals surface area (Å²) in [5.41, 5.74) is 1.35. The lowest BCUT2D eigenvalue weighted by Crippen LogP contribution is -2.49. The number of piperidine rings is 1. The third-order valence-electron chi connectivity index (χ3n) is 6.32. The van der Waals surface area contributed by atoms with E-state index in [4.69, 9.17) is 0 Å². The maximum Gasteiger partial charge on any atom is 0.317 e. The van der Waals surface area contributed by atoms with Gasteiger partial charge in [-0.25, -0.2) is 4.79 Å². The van der Waals surface area contributed by atoms with Gasteiger partial charge in [0.2, 0.25) is 0 Å². The van der Waals surface area contributed by atoms with Crippen molar-refractivity contribution in [1.82, 2.24) is 20.0 Å². The zero-order valence-electron chi connectivity index (χ0n) is 16.1. The van der Waals surface area contributed by atoms with Crippen molar-refractivity contribution < 1.29 is 9.90 Å². The summed E-state index contributed by atoms with van der Waals surface area (Å²) >= 11 is 0. The zero-order valence-corrected chi connectivity index (χ0v) is 16.1. The van der Waals surface area contributed by atoms with Crippen LogP contribution in [0, 0.1) is 0 Å². The molecular weight excluding hydrogens is 340 g/mol. The predicted molar refractivity (Wildman–Crippen MR) is 105 cm³/mol. The Morgan fingerprint density at radius 1 is 1.04 bits per heavy atom. The first kappa shape index (κ1) is 18.7. The van der Waals surface area contributed by atoms with Crippen LogP contribution in [0.3, 0.4) is 0 Å². The molecule has 0 spiro atoms. The monoisotopic (exact) mass is 372 g/mol. The van der Waals surface area contributed by atoms with Crippen molar-refractivity contribution in [2.45, 2.75) is 50.4 Å². The molecule has 0 radical (unpaired) electrons. The zero-order chi connectivity index (χ0) is 18.6. The molecule has 6 nitrogen and oxygen atoms in total. The van der Waals surface area contributed by atoms with E-state index in [-0.39, 0.29) is 18.1 Å². The van der Waals surface area contributed by atoms with Crippen LogP contribution in [-0.2, 0) is 6.54 Å². The Balaban J connectivity index is 1.21. The van der Waals surface area contributed by atoms with E-state index in [9.17, 15) is 9.90 Å². The Bertz CT molecular complexity index is 612. The van der Waals surface area contributed by atoms with Crippen molar-refractivity contribution in [1.29, 1.82) is 0 Å². The first-order valence-corrected chi connectivity index (χ1v) is 10.4. The van der Waals surface area contributed by atoms with Gasteiger partial charge in [0.15, 0.2) is 0 Å². The third-order valence-corrected chi connectivity index (χ3v) is 6.32. The number of hydrogen-bond acceptors (Lipinski definition) is 4. The summed E-state index contributed by atoms with van der Waals surface area (Å²) in [6.45, 7) is 6.23. The summed E-state index contributed by atoms with van der Waals surface area (Å²) in [5.74, 6) is 0. The summed E-state index contributed by atoms with van der Waals surface area (Å²) < 4.78 is 0. The number of carbonyl (C=O) groups excluding carboxylic acids is 1. The normalized spacial score (nSPS) is 28.0. The van der Waals surface area contributed by atoms with Gasteiger partial charge >= 0.3 is 6.03 Å². The second-order valence-corrected chi connectivity index (χ2v) is 8.27. The molecule has 3 fully saturated rings. The van der Waals surface area contributed by atoms with Gasteiger partial charge in [-0.1, -0.05) is 30.3 Å². The molecule has 0 aliphatic carbocycles. The number of hydrogen-bond donors (Lipinski definition) is 2. The number of aliphatic hydroxyl groups excluding tert-OH is 1. The summed E-state index contributed by atoms with van der Waals surface area (Å²) in [6, 6.07) is 10.9. The molecule has 2 amide bonds. The molecule has 3 aliphatic heterocycles. The molecule has 0 saturated carbocycles. The summed E-state index contributed by atoms with van der Waals surface area (Å²) in [5, 5.41) is 13.6. The van der Waals surface area contributed by atoms with Crippen LogP contribution in [0.25, 0.3) is 0 Å². The van der Waals surface area contributed by atoms with Crippen LogP contribution in [0.4, 0.5) is 4.79 Å². The van der Waals surface area contributed by atoms with E-state index in [1.165, 1.54) is 18.4 Å². The SMILES string of the molecule is O=C(NC1CCN(Cc2ccccc2)CC1)N1CC(O)C(N2CCCC2)C1. The van der Waals surface area contributed by atoms with Crippen LogP contribution in [-0.4, -0.2) is 83.3 Å². The molecule has 6 heteroatoms. The van der Waals surface area contributed by atoms with Crippen molar-refractivity contribution in [3.8, 4) is 0 Å². The molecule has 0 bridgehead atoms. The molecule has 148 valence electrons. The largest absolute Gasteiger partial charge is 0.390 e. The van der Waals surface area contributed by atoms with Crippen LogP contribution >= 0.6 is 0 Å². The first-order chi connectivity index (χ1) is 13.2. The lowest BCUT2D eigenvalue weighted by atomic mass is 10.0. The highest BCUT2D eigenvalue weighted by molar-refractivity contribution is 5.75. The van der Waals surface area contributed by atoms with E-state index in [2.05, 4.69) is 45.4 Å². The second kappa shape index (κ2) is 8.59. The number of nitrogens with one attached hydrogen (secondary N) is 1. The summed E-state index contributed by atoms with van der Waals surface area (Å²) in [6.07, 6.45) is 3.98. The minimum Gasteiger partial charge on any atom is -0.390 e. The molecule has 3 aliphatic rings. The second-order valence-electron chi connectivity index (χ2n) is 8.27. The van der Waals surface area contributed by atoms with Crippen molar-refractivity contribution in [3.63, 3.8) is 0 Å². The molecule has 2 unspecified atom stereocenters. The smallest absolute Gasteiger partial charge is 0.317 e. The number of likely N-dealkylation sites (tertiary alicyclic amines) is 3. The van der Waals surface area contributed by atoms with E-state index < -0.39 is 6.10 Å². The highest BCUT2D eigenvalue weighted by Crippen LogP contribution is 2.21. The number of carbonyl (C=O) groups is 1. The predicted octanol–water partition coefficient (Wildman–Crippen LogP) is 1.50. The van der Waals surface area contributed by atoms with Crippen LogP contribution in [0.2, 0.25) is 0 Å². The fourth-order valence-electron chi connectivity index (χ4n) is 4.71. The van der Waals surface area contributed by atoms with Gasteiger partial charge in [-0.15, -0.1) is 0 Å². The molecule has 0 aromatic heterocycles. The Hall–Kier alpha value is -1.63. The maximum atomic E-state index is 12.7. The highest BCUT2D eigenvalue weighted by atomic mass is 16.3. The van der Waals surface area contributed by atoms with Crippen molar-refractivity contribution in [2.24, 2.45) is 0 Å². The maximum absolute atomic E-state index is 12.7. The van der Waals surface area contributed by atoms with Gasteiger partial charge in [0.05, 0.1) is 12.1 Å². The van der Waals surface area contributed by atoms with E-state index in [0.29, 0.717) is 13.1 Å². The van der Waals surface area contributed by atoms with E-state index in [1.807, 2.05) is 4.90 Å².